The molecular formula is C7H4I2O3. The summed E-state index contributed by atoms with van der Waals surface area (Å²) >= 11 is 3.76. The molecule has 64 valence electrons. The Morgan fingerprint density at radius 2 is 1.67 bits per heavy atom. The molecule has 1 rings (SSSR count). The van der Waals surface area contributed by atoms with Crippen LogP contribution in [0.4, 0.5) is 0 Å². The number of carboxylic acid groups (broad SMARTS) is 1. The topological polar surface area (TPSA) is 57.5 Å². The van der Waals surface area contributed by atoms with E-state index in [-0.39, 0.29) is 11.3 Å². The maximum Gasteiger partial charge on any atom is 0.337 e. The van der Waals surface area contributed by atoms with Gasteiger partial charge in [-0.25, -0.2) is 4.79 Å². The maximum atomic E-state index is 10.7. The summed E-state index contributed by atoms with van der Waals surface area (Å²) in [7, 11) is 0. The number of hydrogen-bond donors (Lipinski definition) is 2. The SMILES string of the molecule is O=C(O)c1c(I)cc(O)cc1I. The lowest BCUT2D eigenvalue weighted by Crippen LogP contribution is -2.02. The molecule has 0 saturated heterocycles. The van der Waals surface area contributed by atoms with Gasteiger partial charge in [0.05, 0.1) is 5.56 Å². The van der Waals surface area contributed by atoms with E-state index < -0.39 is 5.97 Å². The lowest BCUT2D eigenvalue weighted by Gasteiger charge is -2.02. The average molecular weight is 390 g/mol. The molecule has 0 aliphatic rings. The van der Waals surface area contributed by atoms with E-state index in [2.05, 4.69) is 0 Å². The molecule has 0 aliphatic heterocycles. The molecule has 12 heavy (non-hydrogen) atoms. The van der Waals surface area contributed by atoms with Gasteiger partial charge in [-0.3, -0.25) is 0 Å². The van der Waals surface area contributed by atoms with Crippen molar-refractivity contribution in [2.24, 2.45) is 0 Å². The first-order chi connectivity index (χ1) is 5.52. The highest BCUT2D eigenvalue weighted by atomic mass is 127. The number of phenols is 1. The summed E-state index contributed by atoms with van der Waals surface area (Å²) in [6, 6.07) is 2.85. The molecule has 0 unspecified atom stereocenters. The summed E-state index contributed by atoms with van der Waals surface area (Å²) < 4.78 is 1.09. The summed E-state index contributed by atoms with van der Waals surface area (Å²) in [5, 5.41) is 17.8. The van der Waals surface area contributed by atoms with Crippen LogP contribution in [0, 0.1) is 7.14 Å². The van der Waals surface area contributed by atoms with Crippen molar-refractivity contribution in [3.05, 3.63) is 24.8 Å². The van der Waals surface area contributed by atoms with E-state index in [1.54, 1.807) is 0 Å². The van der Waals surface area contributed by atoms with Gasteiger partial charge in [0.25, 0.3) is 0 Å². The van der Waals surface area contributed by atoms with Crippen LogP contribution >= 0.6 is 45.2 Å². The first-order valence-corrected chi connectivity index (χ1v) is 5.09. The number of carboxylic acids is 1. The van der Waals surface area contributed by atoms with Crippen LogP contribution in [0.15, 0.2) is 12.1 Å². The molecule has 1 aromatic carbocycles. The van der Waals surface area contributed by atoms with E-state index in [1.807, 2.05) is 45.2 Å². The van der Waals surface area contributed by atoms with Crippen LogP contribution in [0.2, 0.25) is 0 Å². The molecule has 0 atom stereocenters. The lowest BCUT2D eigenvalue weighted by molar-refractivity contribution is 0.0694. The molecule has 0 radical (unpaired) electrons. The van der Waals surface area contributed by atoms with Crippen molar-refractivity contribution in [1.29, 1.82) is 0 Å². The molecule has 0 amide bonds. The largest absolute Gasteiger partial charge is 0.508 e. The van der Waals surface area contributed by atoms with Gasteiger partial charge in [-0.15, -0.1) is 0 Å². The number of hydrogen-bond acceptors (Lipinski definition) is 2. The van der Waals surface area contributed by atoms with Gasteiger partial charge in [-0.1, -0.05) is 0 Å². The summed E-state index contributed by atoms with van der Waals surface area (Å²) in [5.41, 5.74) is 0.244. The lowest BCUT2D eigenvalue weighted by atomic mass is 10.2. The van der Waals surface area contributed by atoms with Crippen molar-refractivity contribution in [2.75, 3.05) is 0 Å². The minimum atomic E-state index is -0.969. The van der Waals surface area contributed by atoms with Gasteiger partial charge in [-0.2, -0.15) is 0 Å². The van der Waals surface area contributed by atoms with E-state index >= 15 is 0 Å². The normalized spacial score (nSPS) is 9.83. The minimum absolute atomic E-state index is 0.0915. The van der Waals surface area contributed by atoms with Gasteiger partial charge >= 0.3 is 5.97 Å². The van der Waals surface area contributed by atoms with E-state index in [0.29, 0.717) is 7.14 Å². The Hall–Kier alpha value is -0.0500. The predicted molar refractivity (Wildman–Crippen MR) is 60.5 cm³/mol. The molecule has 0 saturated carbocycles. The second-order valence-corrected chi connectivity index (χ2v) is 4.41. The van der Waals surface area contributed by atoms with Crippen molar-refractivity contribution < 1.29 is 15.0 Å². The van der Waals surface area contributed by atoms with Crippen molar-refractivity contribution in [3.8, 4) is 5.75 Å². The van der Waals surface area contributed by atoms with Crippen LogP contribution in [-0.4, -0.2) is 16.2 Å². The smallest absolute Gasteiger partial charge is 0.337 e. The quantitative estimate of drug-likeness (QED) is 0.724. The van der Waals surface area contributed by atoms with E-state index in [9.17, 15) is 4.79 Å². The van der Waals surface area contributed by atoms with Gasteiger partial charge in [0.2, 0.25) is 0 Å². The molecule has 0 spiro atoms. The Labute approximate surface area is 96.1 Å². The highest BCUT2D eigenvalue weighted by Crippen LogP contribution is 2.24. The molecule has 1 aromatic rings. The van der Waals surface area contributed by atoms with Gasteiger partial charge in [0, 0.05) is 7.14 Å². The summed E-state index contributed by atoms with van der Waals surface area (Å²) in [5.74, 6) is -0.877. The molecular weight excluding hydrogens is 386 g/mol. The molecule has 0 aromatic heterocycles. The highest BCUT2D eigenvalue weighted by Gasteiger charge is 2.13. The van der Waals surface area contributed by atoms with Crippen molar-refractivity contribution in [1.82, 2.24) is 0 Å². The average Bonchev–Trinajstić information content (AvgIpc) is 1.82. The molecule has 0 heterocycles. The predicted octanol–water partition coefficient (Wildman–Crippen LogP) is 2.30. The second kappa shape index (κ2) is 3.77. The highest BCUT2D eigenvalue weighted by molar-refractivity contribution is 14.1. The zero-order valence-corrected chi connectivity index (χ0v) is 10.0. The van der Waals surface area contributed by atoms with Crippen LogP contribution in [0.25, 0.3) is 0 Å². The number of carbonyl (C=O) groups is 1. The second-order valence-electron chi connectivity index (χ2n) is 2.09. The molecule has 0 bridgehead atoms. The van der Waals surface area contributed by atoms with Crippen LogP contribution < -0.4 is 0 Å². The fourth-order valence-electron chi connectivity index (χ4n) is 0.764. The van der Waals surface area contributed by atoms with Crippen molar-refractivity contribution >= 4 is 51.2 Å². The Morgan fingerprint density at radius 1 is 1.25 bits per heavy atom. The van der Waals surface area contributed by atoms with Crippen molar-refractivity contribution in [2.45, 2.75) is 0 Å². The summed E-state index contributed by atoms with van der Waals surface area (Å²) in [4.78, 5) is 10.7. The third-order valence-electron chi connectivity index (χ3n) is 1.24. The standard InChI is InChI=1S/C7H4I2O3/c8-4-1-3(10)2-5(9)6(4)7(11)12/h1-2,10H,(H,11,12). The molecule has 0 aliphatic carbocycles. The van der Waals surface area contributed by atoms with Crippen LogP contribution in [0.5, 0.6) is 5.75 Å². The number of phenolic OH excluding ortho intramolecular Hbond substituents is 1. The van der Waals surface area contributed by atoms with Crippen molar-refractivity contribution in [3.63, 3.8) is 0 Å². The summed E-state index contributed by atoms with van der Waals surface area (Å²) in [6.07, 6.45) is 0. The first kappa shape index (κ1) is 10.0. The number of halogens is 2. The molecule has 2 N–H and O–H groups in total. The number of aromatic carboxylic acids is 1. The van der Waals surface area contributed by atoms with Crippen LogP contribution in [-0.2, 0) is 0 Å². The Bertz CT molecular complexity index is 312. The third-order valence-corrected chi connectivity index (χ3v) is 2.94. The van der Waals surface area contributed by atoms with Crippen LogP contribution in [0.3, 0.4) is 0 Å². The Morgan fingerprint density at radius 3 is 2.00 bits per heavy atom. The monoisotopic (exact) mass is 390 g/mol. The van der Waals surface area contributed by atoms with E-state index in [4.69, 9.17) is 10.2 Å². The van der Waals surface area contributed by atoms with Gasteiger partial charge < -0.3 is 10.2 Å². The van der Waals surface area contributed by atoms with E-state index in [0.717, 1.165) is 0 Å². The maximum absolute atomic E-state index is 10.7. The summed E-state index contributed by atoms with van der Waals surface area (Å²) in [6.45, 7) is 0. The first-order valence-electron chi connectivity index (χ1n) is 2.93. The van der Waals surface area contributed by atoms with Gasteiger partial charge in [-0.05, 0) is 57.3 Å². The van der Waals surface area contributed by atoms with E-state index in [1.165, 1.54) is 12.1 Å². The zero-order valence-electron chi connectivity index (χ0n) is 5.71. The fraction of sp³-hybridized carbons (Fsp3) is 0. The van der Waals surface area contributed by atoms with Crippen LogP contribution in [0.1, 0.15) is 10.4 Å². The van der Waals surface area contributed by atoms with Gasteiger partial charge in [0.1, 0.15) is 5.75 Å². The molecule has 3 nitrogen and oxygen atoms in total. The number of rotatable bonds is 1. The fourth-order valence-corrected chi connectivity index (χ4v) is 2.96. The van der Waals surface area contributed by atoms with Gasteiger partial charge in [0.15, 0.2) is 0 Å². The zero-order chi connectivity index (χ0) is 9.30. The number of benzene rings is 1. The molecule has 0 fully saturated rings. The number of aromatic hydroxyl groups is 1. The Kier molecular flexibility index (Phi) is 3.16. The molecule has 5 heteroatoms. The third kappa shape index (κ3) is 2.00. The minimum Gasteiger partial charge on any atom is -0.508 e. The Balaban J connectivity index is 3.38.